The van der Waals surface area contributed by atoms with Crippen LogP contribution in [0.4, 0.5) is 5.69 Å². The molecule has 0 aromatic heterocycles. The normalized spacial score (nSPS) is 22.7. The maximum atomic E-state index is 9.33. The van der Waals surface area contributed by atoms with Crippen molar-refractivity contribution in [3.05, 3.63) is 23.8 Å². The molecule has 1 aliphatic carbocycles. The van der Waals surface area contributed by atoms with Crippen LogP contribution in [0.3, 0.4) is 0 Å². The lowest BCUT2D eigenvalue weighted by Crippen LogP contribution is -2.24. The summed E-state index contributed by atoms with van der Waals surface area (Å²) in [4.78, 5) is 3.69. The number of anilines is 1. The fourth-order valence-electron chi connectivity index (χ4n) is 3.02. The minimum Gasteiger partial charge on any atom is -0.384 e. The van der Waals surface area contributed by atoms with Gasteiger partial charge in [-0.2, -0.15) is 5.26 Å². The highest BCUT2D eigenvalue weighted by Crippen LogP contribution is 2.32. The Morgan fingerprint density at radius 3 is 2.95 bits per heavy atom. The molecule has 1 unspecified atom stereocenters. The van der Waals surface area contributed by atoms with Crippen molar-refractivity contribution in [2.24, 2.45) is 5.92 Å². The summed E-state index contributed by atoms with van der Waals surface area (Å²) in [6.45, 7) is 3.46. The van der Waals surface area contributed by atoms with Gasteiger partial charge in [-0.15, -0.1) is 11.8 Å². The van der Waals surface area contributed by atoms with Gasteiger partial charge in [0.25, 0.3) is 0 Å². The van der Waals surface area contributed by atoms with Crippen LogP contribution in [0.15, 0.2) is 23.1 Å². The Morgan fingerprint density at radius 2 is 2.25 bits per heavy atom. The van der Waals surface area contributed by atoms with Gasteiger partial charge in [0.05, 0.1) is 11.3 Å². The molecule has 0 amide bonds. The van der Waals surface area contributed by atoms with Gasteiger partial charge in [-0.1, -0.05) is 6.07 Å². The molecule has 0 radical (unpaired) electrons. The van der Waals surface area contributed by atoms with Crippen LogP contribution in [0.2, 0.25) is 0 Å². The van der Waals surface area contributed by atoms with Gasteiger partial charge in [0.1, 0.15) is 6.07 Å². The van der Waals surface area contributed by atoms with E-state index in [-0.39, 0.29) is 0 Å². The predicted molar refractivity (Wildman–Crippen MR) is 84.1 cm³/mol. The van der Waals surface area contributed by atoms with Crippen LogP contribution < -0.4 is 5.32 Å². The van der Waals surface area contributed by atoms with Crippen molar-refractivity contribution in [2.45, 2.75) is 30.2 Å². The fourth-order valence-corrected chi connectivity index (χ4v) is 3.59. The second kappa shape index (κ2) is 6.07. The first kappa shape index (κ1) is 13.8. The zero-order valence-electron chi connectivity index (χ0n) is 11.9. The smallest absolute Gasteiger partial charge is 0.102 e. The minimum atomic E-state index is 0.722. The monoisotopic (exact) mass is 287 g/mol. The van der Waals surface area contributed by atoms with Crippen molar-refractivity contribution in [1.82, 2.24) is 4.90 Å². The molecule has 20 heavy (non-hydrogen) atoms. The fraction of sp³-hybridized carbons (Fsp3) is 0.562. The lowest BCUT2D eigenvalue weighted by molar-refractivity contribution is 0.316. The average Bonchev–Trinajstić information content (AvgIpc) is 3.23. The van der Waals surface area contributed by atoms with Gasteiger partial charge >= 0.3 is 0 Å². The lowest BCUT2D eigenvalue weighted by Gasteiger charge is -2.16. The molecule has 1 saturated heterocycles. The minimum absolute atomic E-state index is 0.722. The zero-order valence-corrected chi connectivity index (χ0v) is 12.7. The van der Waals surface area contributed by atoms with E-state index in [2.05, 4.69) is 16.3 Å². The molecule has 2 aliphatic rings. The van der Waals surface area contributed by atoms with E-state index in [1.54, 1.807) is 11.8 Å². The molecule has 1 aromatic rings. The Bertz CT molecular complexity index is 519. The molecule has 1 aliphatic heterocycles. The molecule has 106 valence electrons. The number of benzene rings is 1. The highest BCUT2D eigenvalue weighted by atomic mass is 32.2. The Balaban J connectivity index is 1.60. The standard InChI is InChI=1S/C16H21N3S/c1-20-16-4-2-3-15(14(16)9-17)18-10-12-7-8-19(11-12)13-5-6-13/h2-4,12-13,18H,5-8,10-11H2,1H3. The van der Waals surface area contributed by atoms with Crippen molar-refractivity contribution in [1.29, 1.82) is 5.26 Å². The summed E-state index contributed by atoms with van der Waals surface area (Å²) in [7, 11) is 0. The summed E-state index contributed by atoms with van der Waals surface area (Å²) in [6.07, 6.45) is 6.10. The molecule has 2 fully saturated rings. The number of thioether (sulfide) groups is 1. The van der Waals surface area contributed by atoms with Crippen LogP contribution in [0.1, 0.15) is 24.8 Å². The number of nitriles is 1. The molecule has 1 aromatic carbocycles. The van der Waals surface area contributed by atoms with E-state index >= 15 is 0 Å². The van der Waals surface area contributed by atoms with Crippen LogP contribution in [-0.4, -0.2) is 36.8 Å². The maximum absolute atomic E-state index is 9.33. The van der Waals surface area contributed by atoms with Crippen molar-refractivity contribution in [3.8, 4) is 6.07 Å². The first-order valence-corrected chi connectivity index (χ1v) is 8.59. The zero-order chi connectivity index (χ0) is 13.9. The molecular weight excluding hydrogens is 266 g/mol. The van der Waals surface area contributed by atoms with Crippen molar-refractivity contribution in [3.63, 3.8) is 0 Å². The lowest BCUT2D eigenvalue weighted by atomic mass is 10.1. The molecular formula is C16H21N3S. The van der Waals surface area contributed by atoms with E-state index in [4.69, 9.17) is 0 Å². The highest BCUT2D eigenvalue weighted by molar-refractivity contribution is 7.98. The number of hydrogen-bond donors (Lipinski definition) is 1. The quantitative estimate of drug-likeness (QED) is 0.844. The summed E-state index contributed by atoms with van der Waals surface area (Å²) < 4.78 is 0. The predicted octanol–water partition coefficient (Wildman–Crippen LogP) is 3.18. The third-order valence-electron chi connectivity index (χ3n) is 4.32. The van der Waals surface area contributed by atoms with Gasteiger partial charge in [-0.05, 0) is 50.1 Å². The van der Waals surface area contributed by atoms with Gasteiger partial charge in [-0.3, -0.25) is 0 Å². The van der Waals surface area contributed by atoms with Gasteiger partial charge in [0.2, 0.25) is 0 Å². The summed E-state index contributed by atoms with van der Waals surface area (Å²) >= 11 is 1.63. The van der Waals surface area contributed by atoms with Gasteiger partial charge in [0, 0.05) is 24.0 Å². The number of nitrogens with zero attached hydrogens (tertiary/aromatic N) is 2. The third-order valence-corrected chi connectivity index (χ3v) is 5.10. The number of likely N-dealkylation sites (tertiary alicyclic amines) is 1. The van der Waals surface area contributed by atoms with Crippen molar-refractivity contribution < 1.29 is 0 Å². The Labute approximate surface area is 125 Å². The van der Waals surface area contributed by atoms with E-state index in [1.807, 2.05) is 24.5 Å². The van der Waals surface area contributed by atoms with E-state index in [1.165, 1.54) is 32.4 Å². The van der Waals surface area contributed by atoms with E-state index in [0.717, 1.165) is 34.7 Å². The van der Waals surface area contributed by atoms with Crippen LogP contribution in [0.25, 0.3) is 0 Å². The van der Waals surface area contributed by atoms with E-state index < -0.39 is 0 Å². The summed E-state index contributed by atoms with van der Waals surface area (Å²) in [6, 6.07) is 9.28. The van der Waals surface area contributed by atoms with Crippen molar-refractivity contribution >= 4 is 17.4 Å². The van der Waals surface area contributed by atoms with Gasteiger partial charge in [-0.25, -0.2) is 0 Å². The molecule has 1 heterocycles. The summed E-state index contributed by atoms with van der Waals surface area (Å²) in [5, 5.41) is 12.8. The molecule has 1 atom stereocenters. The molecule has 3 rings (SSSR count). The number of nitrogens with one attached hydrogen (secondary N) is 1. The second-order valence-electron chi connectivity index (χ2n) is 5.76. The summed E-state index contributed by atoms with van der Waals surface area (Å²) in [5.41, 5.74) is 1.78. The molecule has 4 heteroatoms. The van der Waals surface area contributed by atoms with E-state index in [0.29, 0.717) is 0 Å². The van der Waals surface area contributed by atoms with Crippen LogP contribution in [0.5, 0.6) is 0 Å². The van der Waals surface area contributed by atoms with Gasteiger partial charge in [0.15, 0.2) is 0 Å². The first-order valence-electron chi connectivity index (χ1n) is 7.37. The summed E-state index contributed by atoms with van der Waals surface area (Å²) in [5.74, 6) is 0.722. The van der Waals surface area contributed by atoms with Crippen LogP contribution >= 0.6 is 11.8 Å². The van der Waals surface area contributed by atoms with Crippen molar-refractivity contribution in [2.75, 3.05) is 31.2 Å². The molecule has 1 N–H and O–H groups in total. The average molecular weight is 287 g/mol. The molecule has 3 nitrogen and oxygen atoms in total. The van der Waals surface area contributed by atoms with Crippen LogP contribution in [-0.2, 0) is 0 Å². The number of rotatable bonds is 5. The molecule has 0 bridgehead atoms. The maximum Gasteiger partial charge on any atom is 0.102 e. The highest BCUT2D eigenvalue weighted by Gasteiger charge is 2.34. The topological polar surface area (TPSA) is 39.1 Å². The SMILES string of the molecule is CSc1cccc(NCC2CCN(C3CC3)C2)c1C#N. The van der Waals surface area contributed by atoms with Crippen LogP contribution in [0, 0.1) is 17.2 Å². The third kappa shape index (κ3) is 2.94. The Morgan fingerprint density at radius 1 is 1.40 bits per heavy atom. The number of hydrogen-bond acceptors (Lipinski definition) is 4. The van der Waals surface area contributed by atoms with E-state index in [9.17, 15) is 5.26 Å². The second-order valence-corrected chi connectivity index (χ2v) is 6.60. The Kier molecular flexibility index (Phi) is 4.18. The largest absolute Gasteiger partial charge is 0.384 e. The van der Waals surface area contributed by atoms with Gasteiger partial charge < -0.3 is 10.2 Å². The molecule has 0 spiro atoms. The molecule has 1 saturated carbocycles. The first-order chi connectivity index (χ1) is 9.81. The Hall–Kier alpha value is -1.18.